The zero-order valence-corrected chi connectivity index (χ0v) is 13.4. The lowest BCUT2D eigenvalue weighted by Gasteiger charge is -2.15. The SMILES string of the molecule is Cc1ccc([C@@H](C)NCc2ccc(Br)cc2Cl)cc1. The van der Waals surface area contributed by atoms with E-state index in [0.717, 1.165) is 21.6 Å². The van der Waals surface area contributed by atoms with E-state index < -0.39 is 0 Å². The largest absolute Gasteiger partial charge is 0.306 e. The Kier molecular flexibility index (Phi) is 5.03. The van der Waals surface area contributed by atoms with Crippen molar-refractivity contribution < 1.29 is 0 Å². The highest BCUT2D eigenvalue weighted by molar-refractivity contribution is 9.10. The molecule has 0 saturated carbocycles. The normalized spacial score (nSPS) is 12.4. The number of hydrogen-bond acceptors (Lipinski definition) is 1. The molecule has 0 aliphatic rings. The standard InChI is InChI=1S/C16H17BrClN/c1-11-3-5-13(6-4-11)12(2)19-10-14-7-8-15(17)9-16(14)18/h3-9,12,19H,10H2,1-2H3/t12-/m1/s1. The number of benzene rings is 2. The van der Waals surface area contributed by atoms with Crippen molar-refractivity contribution in [1.82, 2.24) is 5.32 Å². The van der Waals surface area contributed by atoms with Gasteiger partial charge in [-0.1, -0.05) is 63.4 Å². The number of nitrogens with one attached hydrogen (secondary N) is 1. The fraction of sp³-hybridized carbons (Fsp3) is 0.250. The molecule has 0 radical (unpaired) electrons. The molecule has 1 nitrogen and oxygen atoms in total. The Morgan fingerprint density at radius 2 is 1.84 bits per heavy atom. The molecule has 0 unspecified atom stereocenters. The lowest BCUT2D eigenvalue weighted by molar-refractivity contribution is 0.574. The zero-order chi connectivity index (χ0) is 13.8. The van der Waals surface area contributed by atoms with Gasteiger partial charge in [-0.05, 0) is 37.1 Å². The van der Waals surface area contributed by atoms with E-state index >= 15 is 0 Å². The molecule has 0 aliphatic carbocycles. The van der Waals surface area contributed by atoms with Gasteiger partial charge >= 0.3 is 0 Å². The van der Waals surface area contributed by atoms with E-state index in [1.165, 1.54) is 11.1 Å². The first-order valence-electron chi connectivity index (χ1n) is 6.30. The summed E-state index contributed by atoms with van der Waals surface area (Å²) in [6, 6.07) is 14.9. The summed E-state index contributed by atoms with van der Waals surface area (Å²) in [6.45, 7) is 5.03. The highest BCUT2D eigenvalue weighted by atomic mass is 79.9. The molecular formula is C16H17BrClN. The smallest absolute Gasteiger partial charge is 0.0462 e. The zero-order valence-electron chi connectivity index (χ0n) is 11.1. The molecule has 1 N–H and O–H groups in total. The van der Waals surface area contributed by atoms with E-state index in [1.807, 2.05) is 18.2 Å². The van der Waals surface area contributed by atoms with Gasteiger partial charge in [0.15, 0.2) is 0 Å². The molecule has 100 valence electrons. The second kappa shape index (κ2) is 6.56. The third-order valence-electron chi connectivity index (χ3n) is 3.19. The molecule has 0 fully saturated rings. The van der Waals surface area contributed by atoms with Crippen molar-refractivity contribution in [2.24, 2.45) is 0 Å². The highest BCUT2D eigenvalue weighted by Crippen LogP contribution is 2.22. The van der Waals surface area contributed by atoms with Crippen LogP contribution in [0.25, 0.3) is 0 Å². The van der Waals surface area contributed by atoms with Gasteiger partial charge < -0.3 is 5.32 Å². The molecular weight excluding hydrogens is 322 g/mol. The van der Waals surface area contributed by atoms with Crippen LogP contribution in [0, 0.1) is 6.92 Å². The molecule has 3 heteroatoms. The Bertz CT molecular complexity index is 551. The molecule has 0 saturated heterocycles. The number of aryl methyl sites for hydroxylation is 1. The van der Waals surface area contributed by atoms with Gasteiger partial charge in [0.05, 0.1) is 0 Å². The van der Waals surface area contributed by atoms with Crippen molar-refractivity contribution in [3.05, 3.63) is 68.7 Å². The molecule has 2 rings (SSSR count). The van der Waals surface area contributed by atoms with Gasteiger partial charge in [-0.25, -0.2) is 0 Å². The third kappa shape index (κ3) is 4.07. The van der Waals surface area contributed by atoms with Gasteiger partial charge in [0, 0.05) is 22.1 Å². The van der Waals surface area contributed by atoms with Crippen LogP contribution in [0.4, 0.5) is 0 Å². The molecule has 2 aromatic carbocycles. The van der Waals surface area contributed by atoms with E-state index in [2.05, 4.69) is 59.4 Å². The number of hydrogen-bond donors (Lipinski definition) is 1. The van der Waals surface area contributed by atoms with Crippen LogP contribution >= 0.6 is 27.5 Å². The third-order valence-corrected chi connectivity index (χ3v) is 4.04. The minimum Gasteiger partial charge on any atom is -0.306 e. The lowest BCUT2D eigenvalue weighted by Crippen LogP contribution is -2.18. The van der Waals surface area contributed by atoms with Crippen LogP contribution in [-0.4, -0.2) is 0 Å². The van der Waals surface area contributed by atoms with Gasteiger partial charge in [-0.2, -0.15) is 0 Å². The van der Waals surface area contributed by atoms with Crippen LogP contribution in [0.15, 0.2) is 46.9 Å². The Hall–Kier alpha value is -0.830. The van der Waals surface area contributed by atoms with Crippen LogP contribution < -0.4 is 5.32 Å². The molecule has 19 heavy (non-hydrogen) atoms. The summed E-state index contributed by atoms with van der Waals surface area (Å²) in [5.74, 6) is 0. The summed E-state index contributed by atoms with van der Waals surface area (Å²) in [5, 5.41) is 4.28. The minimum atomic E-state index is 0.306. The van der Waals surface area contributed by atoms with Gasteiger partial charge in [-0.3, -0.25) is 0 Å². The summed E-state index contributed by atoms with van der Waals surface area (Å²) in [4.78, 5) is 0. The molecule has 1 atom stereocenters. The second-order valence-electron chi connectivity index (χ2n) is 4.75. The van der Waals surface area contributed by atoms with Crippen LogP contribution in [0.2, 0.25) is 5.02 Å². The lowest BCUT2D eigenvalue weighted by atomic mass is 10.1. The molecule has 0 aliphatic heterocycles. The minimum absolute atomic E-state index is 0.306. The highest BCUT2D eigenvalue weighted by Gasteiger charge is 2.06. The van der Waals surface area contributed by atoms with Crippen molar-refractivity contribution in [1.29, 1.82) is 0 Å². The van der Waals surface area contributed by atoms with Gasteiger partial charge in [0.1, 0.15) is 0 Å². The van der Waals surface area contributed by atoms with Crippen molar-refractivity contribution in [3.63, 3.8) is 0 Å². The fourth-order valence-corrected chi connectivity index (χ4v) is 2.64. The average Bonchev–Trinajstić information content (AvgIpc) is 2.38. The van der Waals surface area contributed by atoms with Gasteiger partial charge in [-0.15, -0.1) is 0 Å². The fourth-order valence-electron chi connectivity index (χ4n) is 1.90. The summed E-state index contributed by atoms with van der Waals surface area (Å²) in [7, 11) is 0. The Morgan fingerprint density at radius 3 is 2.47 bits per heavy atom. The van der Waals surface area contributed by atoms with E-state index in [-0.39, 0.29) is 0 Å². The Balaban J connectivity index is 2.00. The van der Waals surface area contributed by atoms with Gasteiger partial charge in [0.2, 0.25) is 0 Å². The van der Waals surface area contributed by atoms with Crippen molar-refractivity contribution >= 4 is 27.5 Å². The maximum absolute atomic E-state index is 6.21. The number of rotatable bonds is 4. The average molecular weight is 339 g/mol. The predicted molar refractivity (Wildman–Crippen MR) is 85.6 cm³/mol. The van der Waals surface area contributed by atoms with Crippen LogP contribution in [0.5, 0.6) is 0 Å². The summed E-state index contributed by atoms with van der Waals surface area (Å²) in [6.07, 6.45) is 0. The van der Waals surface area contributed by atoms with E-state index in [9.17, 15) is 0 Å². The second-order valence-corrected chi connectivity index (χ2v) is 6.07. The first-order valence-corrected chi connectivity index (χ1v) is 7.47. The van der Waals surface area contributed by atoms with Crippen molar-refractivity contribution in [3.8, 4) is 0 Å². The van der Waals surface area contributed by atoms with E-state index in [1.54, 1.807) is 0 Å². The molecule has 2 aromatic rings. The van der Waals surface area contributed by atoms with Crippen molar-refractivity contribution in [2.45, 2.75) is 26.4 Å². The topological polar surface area (TPSA) is 12.0 Å². The van der Waals surface area contributed by atoms with Crippen LogP contribution in [0.1, 0.15) is 29.7 Å². The van der Waals surface area contributed by atoms with Gasteiger partial charge in [0.25, 0.3) is 0 Å². The first kappa shape index (κ1) is 14.6. The quantitative estimate of drug-likeness (QED) is 0.801. The maximum atomic E-state index is 6.21. The van der Waals surface area contributed by atoms with Crippen LogP contribution in [0.3, 0.4) is 0 Å². The molecule has 0 bridgehead atoms. The van der Waals surface area contributed by atoms with E-state index in [0.29, 0.717) is 6.04 Å². The summed E-state index contributed by atoms with van der Waals surface area (Å²) >= 11 is 9.62. The maximum Gasteiger partial charge on any atom is 0.0462 e. The van der Waals surface area contributed by atoms with Crippen LogP contribution in [-0.2, 0) is 6.54 Å². The summed E-state index contributed by atoms with van der Waals surface area (Å²) in [5.41, 5.74) is 3.69. The number of halogens is 2. The molecule has 0 spiro atoms. The molecule has 0 aromatic heterocycles. The monoisotopic (exact) mass is 337 g/mol. The Morgan fingerprint density at radius 1 is 1.16 bits per heavy atom. The van der Waals surface area contributed by atoms with E-state index in [4.69, 9.17) is 11.6 Å². The Labute approximate surface area is 128 Å². The first-order chi connectivity index (χ1) is 9.06. The van der Waals surface area contributed by atoms with Crippen molar-refractivity contribution in [2.75, 3.05) is 0 Å². The molecule has 0 amide bonds. The summed E-state index contributed by atoms with van der Waals surface area (Å²) < 4.78 is 1.01. The molecule has 0 heterocycles. The predicted octanol–water partition coefficient (Wildman–Crippen LogP) is 5.26.